The number of hydrogen-bond donors (Lipinski definition) is 1. The fourth-order valence-electron chi connectivity index (χ4n) is 2.35. The zero-order chi connectivity index (χ0) is 14.7. The minimum absolute atomic E-state index is 0.354. The minimum atomic E-state index is -0.846. The van der Waals surface area contributed by atoms with Crippen LogP contribution in [0.2, 0.25) is 0 Å². The molecule has 108 valence electrons. The molecule has 0 aliphatic heterocycles. The Hall–Kier alpha value is -1.68. The molecule has 1 N–H and O–H groups in total. The lowest BCUT2D eigenvalue weighted by Gasteiger charge is -2.13. The number of aryl methyl sites for hydroxylation is 3. The molecule has 0 saturated heterocycles. The lowest BCUT2D eigenvalue weighted by atomic mass is 10.0. The Morgan fingerprint density at radius 1 is 1.30 bits per heavy atom. The van der Waals surface area contributed by atoms with Gasteiger partial charge in [0.25, 0.3) is 0 Å². The zero-order valence-corrected chi connectivity index (χ0v) is 12.2. The van der Waals surface area contributed by atoms with Gasteiger partial charge >= 0.3 is 0 Å². The highest BCUT2D eigenvalue weighted by atomic mass is 19.1. The summed E-state index contributed by atoms with van der Waals surface area (Å²) in [6.07, 6.45) is 0.387. The van der Waals surface area contributed by atoms with Crippen LogP contribution in [0.3, 0.4) is 0 Å². The van der Waals surface area contributed by atoms with Crippen LogP contribution in [0.5, 0.6) is 0 Å². The third kappa shape index (κ3) is 3.07. The van der Waals surface area contributed by atoms with Gasteiger partial charge in [0.2, 0.25) is 0 Å². The summed E-state index contributed by atoms with van der Waals surface area (Å²) >= 11 is 0. The molecule has 1 aromatic heterocycles. The van der Waals surface area contributed by atoms with Crippen molar-refractivity contribution in [3.8, 4) is 0 Å². The quantitative estimate of drug-likeness (QED) is 0.910. The van der Waals surface area contributed by atoms with Gasteiger partial charge < -0.3 is 5.11 Å². The molecule has 2 rings (SSSR count). The fraction of sp³-hybridized carbons (Fsp3) is 0.438. The van der Waals surface area contributed by atoms with Gasteiger partial charge in [-0.15, -0.1) is 0 Å². The summed E-state index contributed by atoms with van der Waals surface area (Å²) in [5.41, 5.74) is 3.24. The topological polar surface area (TPSA) is 38.0 Å². The van der Waals surface area contributed by atoms with Crippen molar-refractivity contribution in [3.63, 3.8) is 0 Å². The SMILES string of the molecule is CCc1cc(CC(O)c2cc(C)ccc2F)n(CC)n1. The van der Waals surface area contributed by atoms with Crippen LogP contribution < -0.4 is 0 Å². The molecule has 0 bridgehead atoms. The van der Waals surface area contributed by atoms with Gasteiger partial charge in [0.05, 0.1) is 11.8 Å². The van der Waals surface area contributed by atoms with E-state index in [2.05, 4.69) is 5.10 Å². The summed E-state index contributed by atoms with van der Waals surface area (Å²) in [7, 11) is 0. The van der Waals surface area contributed by atoms with Gasteiger partial charge in [-0.3, -0.25) is 4.68 Å². The van der Waals surface area contributed by atoms with Crippen LogP contribution in [0.25, 0.3) is 0 Å². The van der Waals surface area contributed by atoms with E-state index >= 15 is 0 Å². The second kappa shape index (κ2) is 6.18. The Balaban J connectivity index is 2.24. The van der Waals surface area contributed by atoms with Crippen LogP contribution >= 0.6 is 0 Å². The molecule has 0 fully saturated rings. The second-order valence-electron chi connectivity index (χ2n) is 5.04. The molecule has 0 aliphatic rings. The summed E-state index contributed by atoms with van der Waals surface area (Å²) in [6.45, 7) is 6.69. The standard InChI is InChI=1S/C16H21FN2O/c1-4-12-9-13(19(5-2)18-12)10-16(20)14-8-11(3)6-7-15(14)17/h6-9,16,20H,4-5,10H2,1-3H3. The number of benzene rings is 1. The molecule has 0 aliphatic carbocycles. The lowest BCUT2D eigenvalue weighted by Crippen LogP contribution is -2.10. The third-order valence-electron chi connectivity index (χ3n) is 3.49. The highest BCUT2D eigenvalue weighted by Crippen LogP contribution is 2.23. The van der Waals surface area contributed by atoms with E-state index in [9.17, 15) is 9.50 Å². The van der Waals surface area contributed by atoms with Gasteiger partial charge in [-0.25, -0.2) is 4.39 Å². The van der Waals surface area contributed by atoms with Crippen LogP contribution in [-0.4, -0.2) is 14.9 Å². The summed E-state index contributed by atoms with van der Waals surface area (Å²) in [5.74, 6) is -0.360. The maximum Gasteiger partial charge on any atom is 0.129 e. The molecule has 20 heavy (non-hydrogen) atoms. The van der Waals surface area contributed by atoms with Crippen molar-refractivity contribution in [1.82, 2.24) is 9.78 Å². The van der Waals surface area contributed by atoms with Gasteiger partial charge in [0.15, 0.2) is 0 Å². The zero-order valence-electron chi connectivity index (χ0n) is 12.2. The number of rotatable bonds is 5. The molecular weight excluding hydrogens is 255 g/mol. The summed E-state index contributed by atoms with van der Waals surface area (Å²) in [6, 6.07) is 6.80. The number of nitrogens with zero attached hydrogens (tertiary/aromatic N) is 2. The first-order chi connectivity index (χ1) is 9.55. The summed E-state index contributed by atoms with van der Waals surface area (Å²) < 4.78 is 15.7. The molecule has 1 unspecified atom stereocenters. The van der Waals surface area contributed by atoms with E-state index in [1.165, 1.54) is 6.07 Å². The number of aliphatic hydroxyl groups is 1. The van der Waals surface area contributed by atoms with Crippen molar-refractivity contribution in [2.45, 2.75) is 46.3 Å². The number of aliphatic hydroxyl groups excluding tert-OH is 1. The van der Waals surface area contributed by atoms with Crippen molar-refractivity contribution in [2.24, 2.45) is 0 Å². The van der Waals surface area contributed by atoms with Crippen molar-refractivity contribution < 1.29 is 9.50 Å². The average molecular weight is 276 g/mol. The van der Waals surface area contributed by atoms with Crippen LogP contribution in [0.15, 0.2) is 24.3 Å². The number of hydrogen-bond acceptors (Lipinski definition) is 2. The maximum atomic E-state index is 13.8. The molecule has 3 nitrogen and oxygen atoms in total. The van der Waals surface area contributed by atoms with E-state index in [1.807, 2.05) is 31.5 Å². The Labute approximate surface area is 119 Å². The summed E-state index contributed by atoms with van der Waals surface area (Å²) in [4.78, 5) is 0. The molecule has 0 saturated carbocycles. The lowest BCUT2D eigenvalue weighted by molar-refractivity contribution is 0.170. The smallest absolute Gasteiger partial charge is 0.129 e. The van der Waals surface area contributed by atoms with Crippen molar-refractivity contribution in [3.05, 3.63) is 52.6 Å². The van der Waals surface area contributed by atoms with Crippen LogP contribution in [0.1, 0.15) is 42.5 Å². The Bertz CT molecular complexity index is 592. The van der Waals surface area contributed by atoms with Gasteiger partial charge in [-0.2, -0.15) is 5.10 Å². The van der Waals surface area contributed by atoms with E-state index < -0.39 is 6.10 Å². The predicted molar refractivity (Wildman–Crippen MR) is 77.1 cm³/mol. The average Bonchev–Trinajstić information content (AvgIpc) is 2.83. The molecule has 0 radical (unpaired) electrons. The third-order valence-corrected chi connectivity index (χ3v) is 3.49. The molecule has 2 aromatic rings. The Morgan fingerprint density at radius 2 is 2.05 bits per heavy atom. The minimum Gasteiger partial charge on any atom is -0.388 e. The molecule has 1 atom stereocenters. The number of halogens is 1. The number of aromatic nitrogens is 2. The normalized spacial score (nSPS) is 12.7. The van der Waals surface area contributed by atoms with E-state index in [1.54, 1.807) is 12.1 Å². The van der Waals surface area contributed by atoms with E-state index in [4.69, 9.17) is 0 Å². The monoisotopic (exact) mass is 276 g/mol. The van der Waals surface area contributed by atoms with Crippen LogP contribution in [0.4, 0.5) is 4.39 Å². The van der Waals surface area contributed by atoms with Crippen molar-refractivity contribution in [1.29, 1.82) is 0 Å². The highest BCUT2D eigenvalue weighted by molar-refractivity contribution is 5.27. The van der Waals surface area contributed by atoms with Crippen LogP contribution in [0, 0.1) is 12.7 Å². The molecule has 1 aromatic carbocycles. The Kier molecular flexibility index (Phi) is 4.55. The van der Waals surface area contributed by atoms with Crippen LogP contribution in [-0.2, 0) is 19.4 Å². The van der Waals surface area contributed by atoms with Crippen molar-refractivity contribution >= 4 is 0 Å². The Morgan fingerprint density at radius 3 is 2.70 bits per heavy atom. The van der Waals surface area contributed by atoms with E-state index in [0.29, 0.717) is 12.0 Å². The summed E-state index contributed by atoms with van der Waals surface area (Å²) in [5, 5.41) is 14.7. The van der Waals surface area contributed by atoms with Crippen molar-refractivity contribution in [2.75, 3.05) is 0 Å². The fourth-order valence-corrected chi connectivity index (χ4v) is 2.35. The largest absolute Gasteiger partial charge is 0.388 e. The molecule has 0 spiro atoms. The van der Waals surface area contributed by atoms with Gasteiger partial charge in [0, 0.05) is 24.2 Å². The van der Waals surface area contributed by atoms with Gasteiger partial charge in [-0.05, 0) is 32.4 Å². The van der Waals surface area contributed by atoms with Gasteiger partial charge in [-0.1, -0.05) is 24.6 Å². The first-order valence-corrected chi connectivity index (χ1v) is 7.04. The first-order valence-electron chi connectivity index (χ1n) is 7.04. The molecular formula is C16H21FN2O. The maximum absolute atomic E-state index is 13.8. The molecule has 0 amide bonds. The molecule has 4 heteroatoms. The first kappa shape index (κ1) is 14.7. The predicted octanol–water partition coefficient (Wildman–Crippen LogP) is 3.19. The highest BCUT2D eigenvalue weighted by Gasteiger charge is 2.16. The second-order valence-corrected chi connectivity index (χ2v) is 5.04. The van der Waals surface area contributed by atoms with E-state index in [-0.39, 0.29) is 5.82 Å². The van der Waals surface area contributed by atoms with E-state index in [0.717, 1.165) is 29.9 Å². The molecule has 1 heterocycles. The van der Waals surface area contributed by atoms with Gasteiger partial charge in [0.1, 0.15) is 5.82 Å².